The Morgan fingerprint density at radius 1 is 1.25 bits per heavy atom. The van der Waals surface area contributed by atoms with Gasteiger partial charge in [-0.3, -0.25) is 14.9 Å². The van der Waals surface area contributed by atoms with Gasteiger partial charge in [0.05, 0.1) is 20.9 Å². The van der Waals surface area contributed by atoms with Gasteiger partial charge in [0, 0.05) is 17.0 Å². The first-order chi connectivity index (χ1) is 11.3. The first kappa shape index (κ1) is 18.3. The molecule has 7 heteroatoms. The fourth-order valence-corrected chi connectivity index (χ4v) is 3.31. The van der Waals surface area contributed by atoms with Crippen LogP contribution in [0, 0.1) is 24.0 Å². The summed E-state index contributed by atoms with van der Waals surface area (Å²) < 4.78 is 0. The number of nitrogens with zero attached hydrogens (tertiary/aromatic N) is 1. The van der Waals surface area contributed by atoms with Crippen molar-refractivity contribution in [3.63, 3.8) is 0 Å². The van der Waals surface area contributed by atoms with E-state index in [9.17, 15) is 14.9 Å². The highest BCUT2D eigenvalue weighted by atomic mass is 35.5. The Bertz CT molecular complexity index is 795. The van der Waals surface area contributed by atoms with Gasteiger partial charge in [-0.2, -0.15) is 0 Å². The van der Waals surface area contributed by atoms with Crippen molar-refractivity contribution in [1.29, 1.82) is 0 Å². The van der Waals surface area contributed by atoms with E-state index < -0.39 is 4.92 Å². The van der Waals surface area contributed by atoms with E-state index in [0.29, 0.717) is 5.69 Å². The lowest BCUT2D eigenvalue weighted by Gasteiger charge is -2.14. The van der Waals surface area contributed by atoms with Crippen LogP contribution in [0.15, 0.2) is 41.3 Å². The highest BCUT2D eigenvalue weighted by Crippen LogP contribution is 2.30. The quantitative estimate of drug-likeness (QED) is 0.461. The molecule has 2 rings (SSSR count). The molecule has 2 aromatic carbocycles. The number of anilines is 1. The number of aryl methyl sites for hydroxylation is 2. The van der Waals surface area contributed by atoms with Gasteiger partial charge in [0.25, 0.3) is 5.69 Å². The number of carbonyl (C=O) groups excluding carboxylic acids is 1. The molecular weight excluding hydrogens is 348 g/mol. The van der Waals surface area contributed by atoms with Crippen molar-refractivity contribution < 1.29 is 9.72 Å². The van der Waals surface area contributed by atoms with Gasteiger partial charge in [-0.1, -0.05) is 29.3 Å². The van der Waals surface area contributed by atoms with Crippen LogP contribution in [0.4, 0.5) is 11.4 Å². The van der Waals surface area contributed by atoms with Crippen molar-refractivity contribution >= 4 is 40.6 Å². The zero-order valence-electron chi connectivity index (χ0n) is 13.5. The normalized spacial score (nSPS) is 11.8. The van der Waals surface area contributed by atoms with Gasteiger partial charge >= 0.3 is 0 Å². The molecule has 0 aliphatic carbocycles. The Kier molecular flexibility index (Phi) is 5.85. The molecule has 0 aromatic heterocycles. The van der Waals surface area contributed by atoms with Gasteiger partial charge < -0.3 is 5.32 Å². The van der Waals surface area contributed by atoms with Gasteiger partial charge in [-0.15, -0.1) is 11.8 Å². The number of carbonyl (C=O) groups is 1. The zero-order valence-corrected chi connectivity index (χ0v) is 15.1. The molecule has 24 heavy (non-hydrogen) atoms. The van der Waals surface area contributed by atoms with Crippen LogP contribution in [-0.4, -0.2) is 16.1 Å². The summed E-state index contributed by atoms with van der Waals surface area (Å²) in [6.45, 7) is 5.81. The smallest absolute Gasteiger partial charge is 0.271 e. The standard InChI is InChI=1S/C17H17ClN2O3S/c1-10-4-5-11(2)16(8-10)24-12(3)17(21)19-15-7-6-13(20(22)23)9-14(15)18/h4-9,12H,1-3H3,(H,19,21)/t12-/m0/s1. The van der Waals surface area contributed by atoms with E-state index >= 15 is 0 Å². The van der Waals surface area contributed by atoms with Crippen molar-refractivity contribution in [1.82, 2.24) is 0 Å². The predicted molar refractivity (Wildman–Crippen MR) is 98.0 cm³/mol. The Morgan fingerprint density at radius 3 is 2.58 bits per heavy atom. The Balaban J connectivity index is 2.09. The third-order valence-corrected chi connectivity index (χ3v) is 5.01. The average molecular weight is 365 g/mol. The maximum Gasteiger partial charge on any atom is 0.271 e. The number of nitro groups is 1. The summed E-state index contributed by atoms with van der Waals surface area (Å²) in [5, 5.41) is 13.2. The first-order valence-electron chi connectivity index (χ1n) is 7.26. The lowest BCUT2D eigenvalue weighted by atomic mass is 10.2. The third-order valence-electron chi connectivity index (χ3n) is 3.44. The van der Waals surface area contributed by atoms with Crippen LogP contribution in [0.25, 0.3) is 0 Å². The van der Waals surface area contributed by atoms with E-state index in [1.165, 1.54) is 30.0 Å². The van der Waals surface area contributed by atoms with E-state index in [0.717, 1.165) is 16.0 Å². The minimum absolute atomic E-state index is 0.115. The summed E-state index contributed by atoms with van der Waals surface area (Å²) in [6.07, 6.45) is 0. The molecule has 1 amide bonds. The molecule has 0 bridgehead atoms. The lowest BCUT2D eigenvalue weighted by Crippen LogP contribution is -2.22. The number of nitrogens with one attached hydrogen (secondary N) is 1. The molecule has 0 heterocycles. The first-order valence-corrected chi connectivity index (χ1v) is 8.52. The summed E-state index contributed by atoms with van der Waals surface area (Å²) in [6, 6.07) is 10.1. The number of hydrogen-bond acceptors (Lipinski definition) is 4. The van der Waals surface area contributed by atoms with Gasteiger partial charge in [0.1, 0.15) is 0 Å². The van der Waals surface area contributed by atoms with Gasteiger partial charge in [-0.25, -0.2) is 0 Å². The van der Waals surface area contributed by atoms with E-state index in [-0.39, 0.29) is 21.9 Å². The number of rotatable bonds is 5. The molecule has 1 atom stereocenters. The van der Waals surface area contributed by atoms with Crippen LogP contribution >= 0.6 is 23.4 Å². The molecule has 2 aromatic rings. The molecule has 0 radical (unpaired) electrons. The molecule has 0 unspecified atom stereocenters. The van der Waals surface area contributed by atoms with Crippen LogP contribution in [0.1, 0.15) is 18.1 Å². The molecule has 1 N–H and O–H groups in total. The predicted octanol–water partition coefficient (Wildman–Crippen LogP) is 4.98. The number of amides is 1. The average Bonchev–Trinajstić information content (AvgIpc) is 2.52. The van der Waals surface area contributed by atoms with E-state index in [2.05, 4.69) is 5.32 Å². The van der Waals surface area contributed by atoms with Gasteiger partial charge in [0.2, 0.25) is 5.91 Å². The monoisotopic (exact) mass is 364 g/mol. The molecule has 126 valence electrons. The molecule has 0 spiro atoms. The third kappa shape index (κ3) is 4.49. The fourth-order valence-electron chi connectivity index (χ4n) is 2.03. The van der Waals surface area contributed by atoms with Crippen molar-refractivity contribution in [2.45, 2.75) is 30.9 Å². The second-order valence-corrected chi connectivity index (χ2v) is 7.23. The van der Waals surface area contributed by atoms with Crippen LogP contribution < -0.4 is 5.32 Å². The van der Waals surface area contributed by atoms with Crippen LogP contribution in [-0.2, 0) is 4.79 Å². The largest absolute Gasteiger partial charge is 0.324 e. The maximum absolute atomic E-state index is 12.4. The van der Waals surface area contributed by atoms with E-state index in [1.807, 2.05) is 32.0 Å². The van der Waals surface area contributed by atoms with E-state index in [1.54, 1.807) is 6.92 Å². The molecule has 5 nitrogen and oxygen atoms in total. The second-order valence-electron chi connectivity index (χ2n) is 5.44. The summed E-state index contributed by atoms with van der Waals surface area (Å²) in [7, 11) is 0. The van der Waals surface area contributed by atoms with Crippen LogP contribution in [0.3, 0.4) is 0 Å². The van der Waals surface area contributed by atoms with Gasteiger partial charge in [-0.05, 0) is 38.5 Å². The SMILES string of the molecule is Cc1ccc(C)c(S[C@@H](C)C(=O)Nc2ccc([N+](=O)[O-])cc2Cl)c1. The number of benzene rings is 2. The summed E-state index contributed by atoms with van der Waals surface area (Å²) in [5.74, 6) is -0.211. The van der Waals surface area contributed by atoms with Gasteiger partial charge in [0.15, 0.2) is 0 Å². The highest BCUT2D eigenvalue weighted by molar-refractivity contribution is 8.00. The minimum atomic E-state index is -0.531. The van der Waals surface area contributed by atoms with Crippen molar-refractivity contribution in [3.05, 3.63) is 62.7 Å². The Labute approximate surface area is 149 Å². The number of thioether (sulfide) groups is 1. The second kappa shape index (κ2) is 7.68. The van der Waals surface area contributed by atoms with Crippen molar-refractivity contribution in [2.75, 3.05) is 5.32 Å². The molecule has 0 fully saturated rings. The topological polar surface area (TPSA) is 72.2 Å². The molecular formula is C17H17ClN2O3S. The summed E-state index contributed by atoms with van der Waals surface area (Å²) >= 11 is 7.46. The number of nitro benzene ring substituents is 1. The molecule has 0 saturated carbocycles. The number of halogens is 1. The minimum Gasteiger partial charge on any atom is -0.324 e. The Morgan fingerprint density at radius 2 is 1.96 bits per heavy atom. The van der Waals surface area contributed by atoms with Crippen LogP contribution in [0.2, 0.25) is 5.02 Å². The fraction of sp³-hybridized carbons (Fsp3) is 0.235. The summed E-state index contributed by atoms with van der Waals surface area (Å²) in [5.41, 5.74) is 2.49. The Hall–Kier alpha value is -2.05. The molecule has 0 saturated heterocycles. The summed E-state index contributed by atoms with van der Waals surface area (Å²) in [4.78, 5) is 23.6. The zero-order chi connectivity index (χ0) is 17.9. The number of hydrogen-bond donors (Lipinski definition) is 1. The lowest BCUT2D eigenvalue weighted by molar-refractivity contribution is -0.384. The van der Waals surface area contributed by atoms with Crippen molar-refractivity contribution in [2.24, 2.45) is 0 Å². The van der Waals surface area contributed by atoms with E-state index in [4.69, 9.17) is 11.6 Å². The number of non-ortho nitro benzene ring substituents is 1. The highest BCUT2D eigenvalue weighted by Gasteiger charge is 2.18. The van der Waals surface area contributed by atoms with Crippen LogP contribution in [0.5, 0.6) is 0 Å². The molecule has 0 aliphatic rings. The van der Waals surface area contributed by atoms with Crippen molar-refractivity contribution in [3.8, 4) is 0 Å². The maximum atomic E-state index is 12.4. The molecule has 0 aliphatic heterocycles.